The smallest absolute Gasteiger partial charge is 0.0505 e. The van der Waals surface area contributed by atoms with Crippen molar-refractivity contribution in [2.45, 2.75) is 25.0 Å². The lowest BCUT2D eigenvalue weighted by atomic mass is 9.88. The first kappa shape index (κ1) is 8.85. The van der Waals surface area contributed by atoms with Gasteiger partial charge in [0.05, 0.1) is 6.61 Å². The standard InChI is InChI=1S/C9H17NOS/c1-7-9(2-3-12-7)4-8(9,5-10)6-11/h7,11H,2-6,10H2,1H3. The lowest BCUT2D eigenvalue weighted by molar-refractivity contribution is 0.175. The van der Waals surface area contributed by atoms with E-state index in [1.807, 2.05) is 11.8 Å². The summed E-state index contributed by atoms with van der Waals surface area (Å²) in [6.07, 6.45) is 2.41. The molecule has 1 saturated heterocycles. The van der Waals surface area contributed by atoms with Crippen LogP contribution in [0.5, 0.6) is 0 Å². The van der Waals surface area contributed by atoms with Crippen molar-refractivity contribution < 1.29 is 5.11 Å². The molecule has 1 heterocycles. The van der Waals surface area contributed by atoms with E-state index in [0.29, 0.717) is 17.2 Å². The van der Waals surface area contributed by atoms with E-state index in [4.69, 9.17) is 5.73 Å². The fourth-order valence-electron chi connectivity index (χ4n) is 2.82. The van der Waals surface area contributed by atoms with Gasteiger partial charge >= 0.3 is 0 Å². The largest absolute Gasteiger partial charge is 0.396 e. The predicted octanol–water partition coefficient (Wildman–Crippen LogP) is 0.839. The molecule has 0 bridgehead atoms. The molecule has 3 atom stereocenters. The molecule has 0 aromatic heterocycles. The monoisotopic (exact) mass is 187 g/mol. The Bertz CT molecular complexity index is 193. The topological polar surface area (TPSA) is 46.2 Å². The van der Waals surface area contributed by atoms with Crippen LogP contribution in [0.15, 0.2) is 0 Å². The summed E-state index contributed by atoms with van der Waals surface area (Å²) in [7, 11) is 0. The molecule has 1 spiro atoms. The molecule has 1 aliphatic heterocycles. The van der Waals surface area contributed by atoms with Crippen molar-refractivity contribution in [3.63, 3.8) is 0 Å². The van der Waals surface area contributed by atoms with E-state index >= 15 is 0 Å². The molecule has 1 saturated carbocycles. The summed E-state index contributed by atoms with van der Waals surface area (Å²) in [6.45, 7) is 3.23. The van der Waals surface area contributed by atoms with Gasteiger partial charge in [0.1, 0.15) is 0 Å². The van der Waals surface area contributed by atoms with Gasteiger partial charge in [0, 0.05) is 17.2 Å². The summed E-state index contributed by atoms with van der Waals surface area (Å²) in [5, 5.41) is 10.0. The molecule has 12 heavy (non-hydrogen) atoms. The molecule has 0 amide bonds. The SMILES string of the molecule is CC1SCCC12CC2(CN)CO. The van der Waals surface area contributed by atoms with Crippen LogP contribution >= 0.6 is 11.8 Å². The van der Waals surface area contributed by atoms with Gasteiger partial charge in [-0.25, -0.2) is 0 Å². The third-order valence-electron chi connectivity index (χ3n) is 3.97. The highest BCUT2D eigenvalue weighted by Crippen LogP contribution is 2.72. The molecule has 2 fully saturated rings. The number of thioether (sulfide) groups is 1. The third kappa shape index (κ3) is 0.847. The quantitative estimate of drug-likeness (QED) is 0.673. The van der Waals surface area contributed by atoms with Crippen LogP contribution in [-0.4, -0.2) is 29.3 Å². The van der Waals surface area contributed by atoms with E-state index in [9.17, 15) is 5.11 Å². The zero-order valence-electron chi connectivity index (χ0n) is 7.55. The number of hydrogen-bond donors (Lipinski definition) is 2. The summed E-state index contributed by atoms with van der Waals surface area (Å²) in [5.41, 5.74) is 6.22. The Balaban J connectivity index is 2.16. The Morgan fingerprint density at radius 1 is 1.67 bits per heavy atom. The number of nitrogens with two attached hydrogens (primary N) is 1. The second kappa shape index (κ2) is 2.63. The molecule has 3 N–H and O–H groups in total. The average Bonchev–Trinajstić information content (AvgIpc) is 2.61. The second-order valence-electron chi connectivity index (χ2n) is 4.24. The lowest BCUT2D eigenvalue weighted by Crippen LogP contribution is -2.29. The molecule has 2 nitrogen and oxygen atoms in total. The Morgan fingerprint density at radius 2 is 2.42 bits per heavy atom. The molecular weight excluding hydrogens is 170 g/mol. The molecule has 2 aliphatic rings. The summed E-state index contributed by atoms with van der Waals surface area (Å²) in [5.74, 6) is 1.25. The Labute approximate surface area is 77.9 Å². The highest BCUT2D eigenvalue weighted by atomic mass is 32.2. The van der Waals surface area contributed by atoms with Crippen molar-refractivity contribution >= 4 is 11.8 Å². The van der Waals surface area contributed by atoms with E-state index in [1.165, 1.54) is 12.2 Å². The van der Waals surface area contributed by atoms with Gasteiger partial charge in [-0.3, -0.25) is 0 Å². The maximum Gasteiger partial charge on any atom is 0.0505 e. The van der Waals surface area contributed by atoms with Gasteiger partial charge < -0.3 is 10.8 Å². The molecule has 2 rings (SSSR count). The molecule has 0 radical (unpaired) electrons. The molecular formula is C9H17NOS. The normalized spacial score (nSPS) is 51.8. The Kier molecular flexibility index (Phi) is 1.94. The van der Waals surface area contributed by atoms with Gasteiger partial charge in [-0.05, 0) is 24.0 Å². The van der Waals surface area contributed by atoms with Crippen molar-refractivity contribution in [3.05, 3.63) is 0 Å². The molecule has 3 unspecified atom stereocenters. The zero-order valence-corrected chi connectivity index (χ0v) is 8.36. The van der Waals surface area contributed by atoms with Crippen molar-refractivity contribution in [2.24, 2.45) is 16.6 Å². The van der Waals surface area contributed by atoms with Gasteiger partial charge in [0.25, 0.3) is 0 Å². The minimum atomic E-state index is 0.0932. The van der Waals surface area contributed by atoms with Gasteiger partial charge in [0.2, 0.25) is 0 Å². The maximum absolute atomic E-state index is 9.31. The van der Waals surface area contributed by atoms with E-state index in [1.54, 1.807) is 0 Å². The number of rotatable bonds is 2. The van der Waals surface area contributed by atoms with E-state index in [-0.39, 0.29) is 12.0 Å². The Morgan fingerprint density at radius 3 is 2.75 bits per heavy atom. The summed E-state index contributed by atoms with van der Waals surface area (Å²) in [6, 6.07) is 0. The maximum atomic E-state index is 9.31. The minimum Gasteiger partial charge on any atom is -0.396 e. The van der Waals surface area contributed by atoms with Crippen molar-refractivity contribution in [1.82, 2.24) is 0 Å². The van der Waals surface area contributed by atoms with Crippen LogP contribution in [0.3, 0.4) is 0 Å². The predicted molar refractivity (Wildman–Crippen MR) is 52.2 cm³/mol. The molecule has 0 aromatic rings. The summed E-state index contributed by atoms with van der Waals surface area (Å²) < 4.78 is 0. The third-order valence-corrected chi connectivity index (χ3v) is 5.36. The molecule has 3 heteroatoms. The van der Waals surface area contributed by atoms with E-state index < -0.39 is 0 Å². The van der Waals surface area contributed by atoms with Crippen LogP contribution in [0.1, 0.15) is 19.8 Å². The summed E-state index contributed by atoms with van der Waals surface area (Å²) in [4.78, 5) is 0. The second-order valence-corrected chi connectivity index (χ2v) is 5.69. The van der Waals surface area contributed by atoms with E-state index in [2.05, 4.69) is 6.92 Å². The zero-order chi connectivity index (χ0) is 8.82. The van der Waals surface area contributed by atoms with Crippen LogP contribution < -0.4 is 5.73 Å². The van der Waals surface area contributed by atoms with Crippen molar-refractivity contribution in [3.8, 4) is 0 Å². The first-order valence-corrected chi connectivity index (χ1v) is 5.68. The number of hydrogen-bond acceptors (Lipinski definition) is 3. The van der Waals surface area contributed by atoms with Crippen molar-refractivity contribution in [1.29, 1.82) is 0 Å². The van der Waals surface area contributed by atoms with Crippen LogP contribution in [0.25, 0.3) is 0 Å². The Hall–Kier alpha value is 0.270. The fraction of sp³-hybridized carbons (Fsp3) is 1.00. The van der Waals surface area contributed by atoms with Crippen LogP contribution in [0.2, 0.25) is 0 Å². The van der Waals surface area contributed by atoms with Crippen LogP contribution in [0, 0.1) is 10.8 Å². The van der Waals surface area contributed by atoms with Gasteiger partial charge in [0.15, 0.2) is 0 Å². The highest BCUT2D eigenvalue weighted by Gasteiger charge is 2.69. The van der Waals surface area contributed by atoms with Crippen LogP contribution in [-0.2, 0) is 0 Å². The number of aliphatic hydroxyl groups is 1. The summed E-state index contributed by atoms with van der Waals surface area (Å²) >= 11 is 2.03. The molecule has 0 aromatic carbocycles. The first-order valence-electron chi connectivity index (χ1n) is 4.63. The fourth-order valence-corrected chi connectivity index (χ4v) is 4.43. The van der Waals surface area contributed by atoms with E-state index in [0.717, 1.165) is 6.42 Å². The highest BCUT2D eigenvalue weighted by molar-refractivity contribution is 8.00. The average molecular weight is 187 g/mol. The first-order chi connectivity index (χ1) is 5.71. The molecule has 70 valence electrons. The molecule has 1 aliphatic carbocycles. The van der Waals surface area contributed by atoms with Crippen molar-refractivity contribution in [2.75, 3.05) is 18.9 Å². The van der Waals surface area contributed by atoms with Gasteiger partial charge in [-0.1, -0.05) is 6.92 Å². The van der Waals surface area contributed by atoms with Crippen LogP contribution in [0.4, 0.5) is 0 Å². The van der Waals surface area contributed by atoms with Gasteiger partial charge in [-0.15, -0.1) is 0 Å². The lowest BCUT2D eigenvalue weighted by Gasteiger charge is -2.21. The minimum absolute atomic E-state index is 0.0932. The number of aliphatic hydroxyl groups excluding tert-OH is 1. The van der Waals surface area contributed by atoms with Gasteiger partial charge in [-0.2, -0.15) is 11.8 Å².